The summed E-state index contributed by atoms with van der Waals surface area (Å²) in [6.07, 6.45) is 0. The zero-order valence-electron chi connectivity index (χ0n) is 36.8. The number of aromatic nitrogens is 1. The van der Waals surface area contributed by atoms with Gasteiger partial charge in [0.2, 0.25) is 0 Å². The molecule has 0 fully saturated rings. The second-order valence-corrected chi connectivity index (χ2v) is 18.7. The van der Waals surface area contributed by atoms with Crippen LogP contribution < -0.4 is 4.90 Å². The molecule has 0 atom stereocenters. The van der Waals surface area contributed by atoms with E-state index in [1.807, 2.05) is 0 Å². The first-order valence-electron chi connectivity index (χ1n) is 23.2. The molecule has 0 amide bonds. The normalized spacial score (nSPS) is 14.2. The van der Waals surface area contributed by atoms with E-state index < -0.39 is 5.41 Å². The Balaban J connectivity index is 1.09. The second kappa shape index (κ2) is 13.7. The molecule has 1 aliphatic heterocycles. The van der Waals surface area contributed by atoms with Crippen LogP contribution in [0.4, 0.5) is 17.1 Å². The lowest BCUT2D eigenvalue weighted by Gasteiger charge is -2.40. The number of rotatable bonds is 5. The third-order valence-electron chi connectivity index (χ3n) is 15.2. The Morgan fingerprint density at radius 3 is 1.64 bits per heavy atom. The molecule has 1 spiro atoms. The molecule has 0 saturated heterocycles. The molecule has 66 heavy (non-hydrogen) atoms. The van der Waals surface area contributed by atoms with Crippen molar-refractivity contribution < 1.29 is 0 Å². The van der Waals surface area contributed by atoms with Gasteiger partial charge in [0.25, 0.3) is 0 Å². The molecule has 0 bridgehead atoms. The molecular formula is C64H44N2. The van der Waals surface area contributed by atoms with E-state index in [1.165, 1.54) is 111 Å². The van der Waals surface area contributed by atoms with Crippen molar-refractivity contribution in [3.8, 4) is 50.2 Å². The molecule has 0 saturated carbocycles. The molecule has 2 aliphatic carbocycles. The van der Waals surface area contributed by atoms with E-state index in [1.54, 1.807) is 0 Å². The highest BCUT2D eigenvalue weighted by atomic mass is 15.1. The fraction of sp³-hybridized carbons (Fsp3) is 0.0625. The molecule has 11 aromatic rings. The van der Waals surface area contributed by atoms with Crippen LogP contribution in [0.2, 0.25) is 0 Å². The molecule has 2 heteroatoms. The van der Waals surface area contributed by atoms with Crippen LogP contribution in [0, 0.1) is 0 Å². The van der Waals surface area contributed by atoms with Gasteiger partial charge in [-0.15, -0.1) is 0 Å². The number of hydrogen-bond donors (Lipinski definition) is 0. The van der Waals surface area contributed by atoms with Crippen molar-refractivity contribution in [1.29, 1.82) is 0 Å². The van der Waals surface area contributed by atoms with Crippen molar-refractivity contribution in [1.82, 2.24) is 4.57 Å². The molecule has 14 rings (SSSR count). The first-order valence-corrected chi connectivity index (χ1v) is 23.2. The summed E-state index contributed by atoms with van der Waals surface area (Å²) in [6, 6.07) is 86.3. The summed E-state index contributed by atoms with van der Waals surface area (Å²) in [6.45, 7) is 4.75. The highest BCUT2D eigenvalue weighted by Crippen LogP contribution is 2.63. The number of benzene rings is 10. The predicted molar refractivity (Wildman–Crippen MR) is 275 cm³/mol. The van der Waals surface area contributed by atoms with E-state index in [-0.39, 0.29) is 5.41 Å². The Bertz CT molecular complexity index is 3750. The highest BCUT2D eigenvalue weighted by Gasteiger charge is 2.51. The van der Waals surface area contributed by atoms with Crippen LogP contribution in [-0.2, 0) is 10.8 Å². The van der Waals surface area contributed by atoms with Gasteiger partial charge in [0, 0.05) is 38.6 Å². The molecule has 0 radical (unpaired) electrons. The summed E-state index contributed by atoms with van der Waals surface area (Å²) < 4.78 is 2.61. The molecule has 10 aromatic carbocycles. The summed E-state index contributed by atoms with van der Waals surface area (Å²) in [7, 11) is 0. The fourth-order valence-electron chi connectivity index (χ4n) is 12.5. The summed E-state index contributed by atoms with van der Waals surface area (Å²) in [5.41, 5.74) is 24.4. The van der Waals surface area contributed by atoms with Gasteiger partial charge in [-0.05, 0) is 91.5 Å². The van der Waals surface area contributed by atoms with Gasteiger partial charge < -0.3 is 9.47 Å². The van der Waals surface area contributed by atoms with Crippen LogP contribution in [-0.4, -0.2) is 4.57 Å². The standard InChI is InChI=1S/C64H44N2/c1-63(2)51-28-11-8-25-50(51)60-54(63)31-18-36-59(60)65(43-39-37-42(38-40-43)41-19-4-3-5-20-41)57-34-14-9-23-46(57)48-26-16-32-55-61(48)66-58-35-15-10-24-47(58)49-27-17-33-56(62(49)66)64(55)52-29-12-6-21-44(52)45-22-7-13-30-53(45)64/h3-40H,1-2H3. The molecule has 1 aromatic heterocycles. The molecule has 2 heterocycles. The molecule has 0 unspecified atom stereocenters. The van der Waals surface area contributed by atoms with E-state index >= 15 is 0 Å². The zero-order valence-corrected chi connectivity index (χ0v) is 36.8. The minimum absolute atomic E-state index is 0.154. The Labute approximate surface area is 385 Å². The highest BCUT2D eigenvalue weighted by molar-refractivity contribution is 6.14. The van der Waals surface area contributed by atoms with Crippen LogP contribution in [0.5, 0.6) is 0 Å². The van der Waals surface area contributed by atoms with Crippen molar-refractivity contribution in [2.75, 3.05) is 4.90 Å². The lowest BCUT2D eigenvalue weighted by molar-refractivity contribution is 0.660. The van der Waals surface area contributed by atoms with Crippen molar-refractivity contribution in [2.45, 2.75) is 24.7 Å². The van der Waals surface area contributed by atoms with E-state index in [4.69, 9.17) is 0 Å². The molecule has 3 aliphatic rings. The quantitative estimate of drug-likeness (QED) is 0.168. The van der Waals surface area contributed by atoms with E-state index in [9.17, 15) is 0 Å². The lowest BCUT2D eigenvalue weighted by atomic mass is 9.65. The predicted octanol–water partition coefficient (Wildman–Crippen LogP) is 16.6. The summed E-state index contributed by atoms with van der Waals surface area (Å²) in [5.74, 6) is 0. The van der Waals surface area contributed by atoms with E-state index in [0.29, 0.717) is 0 Å². The van der Waals surface area contributed by atoms with Crippen molar-refractivity contribution in [3.05, 3.63) is 264 Å². The van der Waals surface area contributed by atoms with Gasteiger partial charge in [-0.2, -0.15) is 0 Å². The number of hydrogen-bond acceptors (Lipinski definition) is 1. The first kappa shape index (κ1) is 37.2. The average molecular weight is 841 g/mol. The van der Waals surface area contributed by atoms with Gasteiger partial charge in [-0.25, -0.2) is 0 Å². The minimum atomic E-state index is -0.542. The minimum Gasteiger partial charge on any atom is -0.309 e. The van der Waals surface area contributed by atoms with Gasteiger partial charge >= 0.3 is 0 Å². The van der Waals surface area contributed by atoms with Crippen molar-refractivity contribution in [3.63, 3.8) is 0 Å². The third kappa shape index (κ3) is 4.80. The average Bonchev–Trinajstić information content (AvgIpc) is 3.96. The van der Waals surface area contributed by atoms with Gasteiger partial charge in [-0.3, -0.25) is 0 Å². The Kier molecular flexibility index (Phi) is 7.70. The first-order chi connectivity index (χ1) is 32.5. The molecule has 2 nitrogen and oxygen atoms in total. The van der Waals surface area contributed by atoms with E-state index in [0.717, 1.165) is 11.4 Å². The summed E-state index contributed by atoms with van der Waals surface area (Å²) in [5, 5.41) is 2.54. The number of anilines is 3. The number of fused-ring (bicyclic) bond motifs is 15. The fourth-order valence-corrected chi connectivity index (χ4v) is 12.5. The van der Waals surface area contributed by atoms with Crippen LogP contribution in [0.3, 0.4) is 0 Å². The van der Waals surface area contributed by atoms with Crippen LogP contribution in [0.25, 0.3) is 72.0 Å². The van der Waals surface area contributed by atoms with Crippen LogP contribution >= 0.6 is 0 Å². The Morgan fingerprint density at radius 2 is 0.864 bits per heavy atom. The summed E-state index contributed by atoms with van der Waals surface area (Å²) in [4.78, 5) is 2.54. The maximum atomic E-state index is 2.61. The molecule has 310 valence electrons. The molecule has 0 N–H and O–H groups in total. The van der Waals surface area contributed by atoms with Crippen molar-refractivity contribution in [2.24, 2.45) is 0 Å². The Hall–Kier alpha value is -8.20. The Morgan fingerprint density at radius 1 is 0.348 bits per heavy atom. The zero-order chi connectivity index (χ0) is 43.7. The van der Waals surface area contributed by atoms with Gasteiger partial charge in [0.15, 0.2) is 0 Å². The maximum Gasteiger partial charge on any atom is 0.0754 e. The van der Waals surface area contributed by atoms with E-state index in [2.05, 4.69) is 254 Å². The number of nitrogens with zero attached hydrogens (tertiary/aromatic N) is 2. The van der Waals surface area contributed by atoms with Gasteiger partial charge in [-0.1, -0.05) is 214 Å². The summed E-state index contributed by atoms with van der Waals surface area (Å²) >= 11 is 0. The second-order valence-electron chi connectivity index (χ2n) is 18.7. The lowest BCUT2D eigenvalue weighted by Crippen LogP contribution is -2.33. The molecular weight excluding hydrogens is 797 g/mol. The van der Waals surface area contributed by atoms with Crippen LogP contribution in [0.1, 0.15) is 47.2 Å². The van der Waals surface area contributed by atoms with Crippen LogP contribution in [0.15, 0.2) is 231 Å². The SMILES string of the molecule is CC1(C)c2ccccc2-c2c(N(c3ccc(-c4ccccc4)cc3)c3ccccc3-c3cccc4c3-n3c5ccccc5c5cccc(c53)C43c4ccccc4-c4ccccc43)cccc21. The largest absolute Gasteiger partial charge is 0.309 e. The maximum absolute atomic E-state index is 2.61. The topological polar surface area (TPSA) is 8.17 Å². The van der Waals surface area contributed by atoms with Crippen molar-refractivity contribution >= 4 is 38.9 Å². The third-order valence-corrected chi connectivity index (χ3v) is 15.2. The smallest absolute Gasteiger partial charge is 0.0754 e. The van der Waals surface area contributed by atoms with Gasteiger partial charge in [0.05, 0.1) is 33.5 Å². The monoisotopic (exact) mass is 840 g/mol. The number of para-hydroxylation sites is 4. The van der Waals surface area contributed by atoms with Gasteiger partial charge in [0.1, 0.15) is 0 Å².